The zero-order chi connectivity index (χ0) is 19.0. The lowest BCUT2D eigenvalue weighted by Gasteiger charge is -2.13. The molecule has 0 bridgehead atoms. The first kappa shape index (κ1) is 17.0. The Hall–Kier alpha value is -3.42. The van der Waals surface area contributed by atoms with E-state index in [2.05, 4.69) is 10.1 Å². The molecule has 5 nitrogen and oxygen atoms in total. The largest absolute Gasteiger partial charge is 0.416 e. The first-order valence-corrected chi connectivity index (χ1v) is 8.09. The molecule has 0 atom stereocenters. The van der Waals surface area contributed by atoms with E-state index in [0.717, 1.165) is 16.3 Å². The van der Waals surface area contributed by atoms with Crippen molar-refractivity contribution < 1.29 is 13.2 Å². The Labute approximate surface area is 151 Å². The highest BCUT2D eigenvalue weighted by Crippen LogP contribution is 2.32. The van der Waals surface area contributed by atoms with Gasteiger partial charge in [-0.2, -0.15) is 18.3 Å². The van der Waals surface area contributed by atoms with Crippen LogP contribution >= 0.6 is 0 Å². The molecule has 0 fully saturated rings. The molecule has 0 spiro atoms. The minimum atomic E-state index is -4.49. The molecule has 0 unspecified atom stereocenters. The number of alkyl halides is 3. The lowest BCUT2D eigenvalue weighted by Crippen LogP contribution is -2.22. The van der Waals surface area contributed by atoms with Crippen LogP contribution in [0.15, 0.2) is 71.9 Å². The number of fused-ring (bicyclic) bond motifs is 1. The fraction of sp³-hybridized carbons (Fsp3) is 0.105. The van der Waals surface area contributed by atoms with Gasteiger partial charge in [-0.1, -0.05) is 36.4 Å². The topological polar surface area (TPSA) is 52.7 Å². The zero-order valence-corrected chi connectivity index (χ0v) is 13.9. The fourth-order valence-electron chi connectivity index (χ4n) is 2.94. The molecular weight excluding hydrogens is 357 g/mol. The first-order valence-electron chi connectivity index (χ1n) is 8.09. The number of aromatic nitrogens is 4. The molecule has 0 aliphatic heterocycles. The molecule has 0 aliphatic carbocycles. The van der Waals surface area contributed by atoms with Crippen molar-refractivity contribution in [1.82, 2.24) is 19.3 Å². The summed E-state index contributed by atoms with van der Waals surface area (Å²) in [5, 5.41) is 4.43. The van der Waals surface area contributed by atoms with Crippen LogP contribution in [0, 0.1) is 0 Å². The van der Waals surface area contributed by atoms with Crippen LogP contribution in [0.4, 0.5) is 13.2 Å². The van der Waals surface area contributed by atoms with Crippen LogP contribution in [0.1, 0.15) is 11.1 Å². The molecule has 2 heterocycles. The SMILES string of the molecule is O=c1c2cnn(-c3ccccc3)c2ncn1Cc1ccccc1C(F)(F)F. The maximum Gasteiger partial charge on any atom is 0.416 e. The van der Waals surface area contributed by atoms with Crippen molar-refractivity contribution in [3.05, 3.63) is 88.6 Å². The van der Waals surface area contributed by atoms with Crippen molar-refractivity contribution in [1.29, 1.82) is 0 Å². The lowest BCUT2D eigenvalue weighted by atomic mass is 10.1. The van der Waals surface area contributed by atoms with Crippen molar-refractivity contribution in [3.63, 3.8) is 0 Å². The van der Waals surface area contributed by atoms with Crippen LogP contribution in [0.5, 0.6) is 0 Å². The third kappa shape index (κ3) is 3.10. The van der Waals surface area contributed by atoms with E-state index in [4.69, 9.17) is 0 Å². The molecule has 136 valence electrons. The first-order chi connectivity index (χ1) is 12.9. The Kier molecular flexibility index (Phi) is 4.02. The van der Waals surface area contributed by atoms with Gasteiger partial charge in [0, 0.05) is 0 Å². The van der Waals surface area contributed by atoms with Crippen LogP contribution in [0.2, 0.25) is 0 Å². The summed E-state index contributed by atoms with van der Waals surface area (Å²) >= 11 is 0. The fourth-order valence-corrected chi connectivity index (χ4v) is 2.94. The summed E-state index contributed by atoms with van der Waals surface area (Å²) in [5.74, 6) is 0. The van der Waals surface area contributed by atoms with Gasteiger partial charge < -0.3 is 0 Å². The normalized spacial score (nSPS) is 11.8. The average molecular weight is 370 g/mol. The molecule has 27 heavy (non-hydrogen) atoms. The van der Waals surface area contributed by atoms with Crippen LogP contribution in [0.25, 0.3) is 16.7 Å². The summed E-state index contributed by atoms with van der Waals surface area (Å²) in [5.41, 5.74) is -0.119. The molecule has 2 aromatic carbocycles. The van der Waals surface area contributed by atoms with Gasteiger partial charge in [0.15, 0.2) is 5.65 Å². The molecule has 0 radical (unpaired) electrons. The quantitative estimate of drug-likeness (QED) is 0.553. The summed E-state index contributed by atoms with van der Waals surface area (Å²) in [7, 11) is 0. The van der Waals surface area contributed by atoms with E-state index in [-0.39, 0.29) is 17.5 Å². The molecule has 0 saturated carbocycles. The third-order valence-corrected chi connectivity index (χ3v) is 4.22. The number of nitrogens with zero attached hydrogens (tertiary/aromatic N) is 4. The maximum absolute atomic E-state index is 13.2. The van der Waals surface area contributed by atoms with Gasteiger partial charge in [0.1, 0.15) is 11.7 Å². The second-order valence-electron chi connectivity index (χ2n) is 5.96. The van der Waals surface area contributed by atoms with Gasteiger partial charge in [0.05, 0.1) is 24.0 Å². The van der Waals surface area contributed by atoms with E-state index in [9.17, 15) is 18.0 Å². The second kappa shape index (κ2) is 6.39. The highest BCUT2D eigenvalue weighted by Gasteiger charge is 2.33. The Morgan fingerprint density at radius 3 is 2.41 bits per heavy atom. The molecule has 0 N–H and O–H groups in total. The van der Waals surface area contributed by atoms with Crippen LogP contribution < -0.4 is 5.56 Å². The molecule has 4 rings (SSSR count). The van der Waals surface area contributed by atoms with Gasteiger partial charge in [0.2, 0.25) is 0 Å². The van der Waals surface area contributed by atoms with Crippen LogP contribution in [-0.2, 0) is 12.7 Å². The van der Waals surface area contributed by atoms with Crippen molar-refractivity contribution in [2.24, 2.45) is 0 Å². The molecule has 8 heteroatoms. The minimum absolute atomic E-state index is 0.00343. The Morgan fingerprint density at radius 2 is 1.67 bits per heavy atom. The standard InChI is InChI=1S/C19H13F3N4O/c20-19(21,22)16-9-5-4-6-13(16)11-25-12-23-17-15(18(25)27)10-24-26(17)14-7-2-1-3-8-14/h1-10,12H,11H2. The summed E-state index contributed by atoms with van der Waals surface area (Å²) in [6.45, 7) is -0.228. The monoisotopic (exact) mass is 370 g/mol. The van der Waals surface area contributed by atoms with E-state index in [1.54, 1.807) is 0 Å². The smallest absolute Gasteiger partial charge is 0.294 e. The predicted molar refractivity (Wildman–Crippen MR) is 93.7 cm³/mol. The number of hydrogen-bond acceptors (Lipinski definition) is 3. The van der Waals surface area contributed by atoms with Gasteiger partial charge >= 0.3 is 6.18 Å². The summed E-state index contributed by atoms with van der Waals surface area (Å²) in [6, 6.07) is 14.3. The number of hydrogen-bond donors (Lipinski definition) is 0. The second-order valence-corrected chi connectivity index (χ2v) is 5.96. The van der Waals surface area contributed by atoms with Gasteiger partial charge in [-0.25, -0.2) is 9.67 Å². The van der Waals surface area contributed by atoms with E-state index in [0.29, 0.717) is 5.65 Å². The van der Waals surface area contributed by atoms with E-state index < -0.39 is 17.3 Å². The highest BCUT2D eigenvalue weighted by molar-refractivity contribution is 5.74. The maximum atomic E-state index is 13.2. The predicted octanol–water partition coefficient (Wildman–Crippen LogP) is 3.65. The Balaban J connectivity index is 1.78. The van der Waals surface area contributed by atoms with Gasteiger partial charge in [-0.3, -0.25) is 9.36 Å². The average Bonchev–Trinajstić information content (AvgIpc) is 3.09. The Morgan fingerprint density at radius 1 is 0.963 bits per heavy atom. The van der Waals surface area contributed by atoms with Gasteiger partial charge in [-0.15, -0.1) is 0 Å². The van der Waals surface area contributed by atoms with Crippen LogP contribution in [0.3, 0.4) is 0 Å². The lowest BCUT2D eigenvalue weighted by molar-refractivity contribution is -0.138. The van der Waals surface area contributed by atoms with Crippen molar-refractivity contribution >= 4 is 11.0 Å². The number of para-hydroxylation sites is 1. The zero-order valence-electron chi connectivity index (χ0n) is 13.9. The third-order valence-electron chi connectivity index (χ3n) is 4.22. The molecule has 0 amide bonds. The van der Waals surface area contributed by atoms with E-state index in [1.165, 1.54) is 35.4 Å². The summed E-state index contributed by atoms with van der Waals surface area (Å²) in [4.78, 5) is 17.0. The molecule has 0 saturated heterocycles. The van der Waals surface area contributed by atoms with Crippen molar-refractivity contribution in [2.75, 3.05) is 0 Å². The highest BCUT2D eigenvalue weighted by atomic mass is 19.4. The number of rotatable bonds is 3. The summed E-state index contributed by atoms with van der Waals surface area (Å²) in [6.07, 6.45) is -1.86. The molecular formula is C19H13F3N4O. The molecule has 4 aromatic rings. The van der Waals surface area contributed by atoms with Crippen molar-refractivity contribution in [2.45, 2.75) is 12.7 Å². The number of benzene rings is 2. The van der Waals surface area contributed by atoms with Crippen molar-refractivity contribution in [3.8, 4) is 5.69 Å². The van der Waals surface area contributed by atoms with Gasteiger partial charge in [-0.05, 0) is 23.8 Å². The van der Waals surface area contributed by atoms with Crippen LogP contribution in [-0.4, -0.2) is 19.3 Å². The van der Waals surface area contributed by atoms with E-state index in [1.807, 2.05) is 30.3 Å². The minimum Gasteiger partial charge on any atom is -0.294 e. The van der Waals surface area contributed by atoms with E-state index >= 15 is 0 Å². The molecule has 2 aromatic heterocycles. The molecule has 0 aliphatic rings. The summed E-state index contributed by atoms with van der Waals surface area (Å²) < 4.78 is 42.2. The number of halogens is 3. The Bertz CT molecular complexity index is 1160. The van der Waals surface area contributed by atoms with Gasteiger partial charge in [0.25, 0.3) is 5.56 Å².